The van der Waals surface area contributed by atoms with Crippen molar-refractivity contribution in [2.45, 2.75) is 6.61 Å². The summed E-state index contributed by atoms with van der Waals surface area (Å²) in [6.45, 7) is 0.434. The van der Waals surface area contributed by atoms with Gasteiger partial charge in [-0.15, -0.1) is 0 Å². The maximum Gasteiger partial charge on any atom is 0.162 e. The standard InChI is InChI=1S/C15H12BrNO2/c1-18-15-8-11(9-17)6-7-14(15)19-10-12-4-2-3-5-13(12)16/h2-8H,10H2,1H3. The zero-order valence-electron chi connectivity index (χ0n) is 10.4. The quantitative estimate of drug-likeness (QED) is 0.858. The average molecular weight is 318 g/mol. The van der Waals surface area contributed by atoms with E-state index in [2.05, 4.69) is 22.0 Å². The van der Waals surface area contributed by atoms with E-state index >= 15 is 0 Å². The highest BCUT2D eigenvalue weighted by Gasteiger charge is 2.07. The first-order chi connectivity index (χ1) is 9.24. The van der Waals surface area contributed by atoms with Gasteiger partial charge in [0.2, 0.25) is 0 Å². The van der Waals surface area contributed by atoms with Crippen LogP contribution in [0.5, 0.6) is 11.5 Å². The van der Waals surface area contributed by atoms with Crippen LogP contribution in [-0.4, -0.2) is 7.11 Å². The van der Waals surface area contributed by atoms with E-state index in [9.17, 15) is 0 Å². The fourth-order valence-corrected chi connectivity index (χ4v) is 2.03. The van der Waals surface area contributed by atoms with Gasteiger partial charge in [0, 0.05) is 16.1 Å². The summed E-state index contributed by atoms with van der Waals surface area (Å²) in [4.78, 5) is 0. The SMILES string of the molecule is COc1cc(C#N)ccc1OCc1ccccc1Br. The van der Waals surface area contributed by atoms with Gasteiger partial charge in [-0.05, 0) is 18.2 Å². The second-order valence-corrected chi connectivity index (χ2v) is 4.71. The van der Waals surface area contributed by atoms with E-state index in [1.807, 2.05) is 24.3 Å². The summed E-state index contributed by atoms with van der Waals surface area (Å²) in [5, 5.41) is 8.84. The molecule has 19 heavy (non-hydrogen) atoms. The summed E-state index contributed by atoms with van der Waals surface area (Å²) in [6, 6.07) is 15.0. The van der Waals surface area contributed by atoms with Crippen LogP contribution in [0.1, 0.15) is 11.1 Å². The van der Waals surface area contributed by atoms with Crippen molar-refractivity contribution in [3.8, 4) is 17.6 Å². The van der Waals surface area contributed by atoms with Crippen LogP contribution in [0.15, 0.2) is 46.9 Å². The molecule has 0 saturated heterocycles. The van der Waals surface area contributed by atoms with E-state index in [1.165, 1.54) is 0 Å². The molecule has 3 nitrogen and oxygen atoms in total. The topological polar surface area (TPSA) is 42.2 Å². The van der Waals surface area contributed by atoms with Crippen LogP contribution in [-0.2, 0) is 6.61 Å². The molecular formula is C15H12BrNO2. The molecule has 2 aromatic rings. The lowest BCUT2D eigenvalue weighted by Crippen LogP contribution is -1.98. The van der Waals surface area contributed by atoms with Crippen molar-refractivity contribution in [2.75, 3.05) is 7.11 Å². The predicted octanol–water partition coefficient (Wildman–Crippen LogP) is 3.91. The van der Waals surface area contributed by atoms with Gasteiger partial charge in [-0.25, -0.2) is 0 Å². The van der Waals surface area contributed by atoms with E-state index in [0.717, 1.165) is 10.0 Å². The maximum atomic E-state index is 8.84. The highest BCUT2D eigenvalue weighted by atomic mass is 79.9. The van der Waals surface area contributed by atoms with Gasteiger partial charge in [-0.3, -0.25) is 0 Å². The van der Waals surface area contributed by atoms with Crippen LogP contribution >= 0.6 is 15.9 Å². The molecule has 0 heterocycles. The summed E-state index contributed by atoms with van der Waals surface area (Å²) < 4.78 is 12.0. The second kappa shape index (κ2) is 6.26. The summed E-state index contributed by atoms with van der Waals surface area (Å²) >= 11 is 3.47. The van der Waals surface area contributed by atoms with Crippen LogP contribution in [0.4, 0.5) is 0 Å². The van der Waals surface area contributed by atoms with Gasteiger partial charge >= 0.3 is 0 Å². The zero-order chi connectivity index (χ0) is 13.7. The lowest BCUT2D eigenvalue weighted by Gasteiger charge is -2.11. The van der Waals surface area contributed by atoms with Gasteiger partial charge < -0.3 is 9.47 Å². The minimum Gasteiger partial charge on any atom is -0.493 e. The molecule has 0 unspecified atom stereocenters. The first kappa shape index (κ1) is 13.4. The number of ether oxygens (including phenoxy) is 2. The molecule has 0 aliphatic rings. The summed E-state index contributed by atoms with van der Waals surface area (Å²) in [6.07, 6.45) is 0. The Morgan fingerprint density at radius 1 is 1.16 bits per heavy atom. The van der Waals surface area contributed by atoms with Crippen LogP contribution in [0.3, 0.4) is 0 Å². The smallest absolute Gasteiger partial charge is 0.162 e. The lowest BCUT2D eigenvalue weighted by atomic mass is 10.2. The van der Waals surface area contributed by atoms with Crippen molar-refractivity contribution in [2.24, 2.45) is 0 Å². The fraction of sp³-hybridized carbons (Fsp3) is 0.133. The van der Waals surface area contributed by atoms with Crippen molar-refractivity contribution < 1.29 is 9.47 Å². The summed E-state index contributed by atoms with van der Waals surface area (Å²) in [5.41, 5.74) is 1.60. The van der Waals surface area contributed by atoms with Crippen molar-refractivity contribution in [1.82, 2.24) is 0 Å². The second-order valence-electron chi connectivity index (χ2n) is 3.86. The molecule has 0 amide bonds. The largest absolute Gasteiger partial charge is 0.493 e. The Labute approximate surface area is 120 Å². The van der Waals surface area contributed by atoms with Crippen molar-refractivity contribution in [3.05, 3.63) is 58.1 Å². The molecule has 0 atom stereocenters. The Morgan fingerprint density at radius 2 is 1.95 bits per heavy atom. The molecule has 0 aromatic heterocycles. The molecule has 0 radical (unpaired) electrons. The van der Waals surface area contributed by atoms with E-state index in [1.54, 1.807) is 25.3 Å². The molecule has 4 heteroatoms. The van der Waals surface area contributed by atoms with Crippen LogP contribution in [0.25, 0.3) is 0 Å². The highest BCUT2D eigenvalue weighted by Crippen LogP contribution is 2.29. The minimum atomic E-state index is 0.434. The van der Waals surface area contributed by atoms with Crippen LogP contribution in [0, 0.1) is 11.3 Å². The Balaban J connectivity index is 2.16. The molecule has 0 fully saturated rings. The van der Waals surface area contributed by atoms with E-state index in [4.69, 9.17) is 14.7 Å². The number of nitriles is 1. The monoisotopic (exact) mass is 317 g/mol. The minimum absolute atomic E-state index is 0.434. The van der Waals surface area contributed by atoms with Gasteiger partial charge in [0.15, 0.2) is 11.5 Å². The zero-order valence-corrected chi connectivity index (χ0v) is 12.0. The molecule has 2 aromatic carbocycles. The summed E-state index contributed by atoms with van der Waals surface area (Å²) in [5.74, 6) is 1.18. The van der Waals surface area contributed by atoms with Crippen molar-refractivity contribution in [3.63, 3.8) is 0 Å². The van der Waals surface area contributed by atoms with Crippen molar-refractivity contribution >= 4 is 15.9 Å². The Morgan fingerprint density at radius 3 is 2.63 bits per heavy atom. The number of halogens is 1. The molecule has 2 rings (SSSR count). The highest BCUT2D eigenvalue weighted by molar-refractivity contribution is 9.10. The molecule has 0 bridgehead atoms. The van der Waals surface area contributed by atoms with E-state index in [0.29, 0.717) is 23.7 Å². The molecule has 96 valence electrons. The van der Waals surface area contributed by atoms with Crippen LogP contribution < -0.4 is 9.47 Å². The van der Waals surface area contributed by atoms with Gasteiger partial charge in [0.05, 0.1) is 18.7 Å². The fourth-order valence-electron chi connectivity index (χ4n) is 1.63. The van der Waals surface area contributed by atoms with Crippen molar-refractivity contribution in [1.29, 1.82) is 5.26 Å². The van der Waals surface area contributed by atoms with E-state index in [-0.39, 0.29) is 0 Å². The maximum absolute atomic E-state index is 8.84. The number of hydrogen-bond acceptors (Lipinski definition) is 3. The average Bonchev–Trinajstić information content (AvgIpc) is 2.46. The van der Waals surface area contributed by atoms with E-state index < -0.39 is 0 Å². The molecule has 0 aliphatic heterocycles. The summed E-state index contributed by atoms with van der Waals surface area (Å²) in [7, 11) is 1.56. The Kier molecular flexibility index (Phi) is 4.43. The predicted molar refractivity (Wildman–Crippen MR) is 76.2 cm³/mol. The number of rotatable bonds is 4. The first-order valence-electron chi connectivity index (χ1n) is 5.69. The number of nitrogens with zero attached hydrogens (tertiary/aromatic N) is 1. The van der Waals surface area contributed by atoms with Gasteiger partial charge in [-0.1, -0.05) is 34.1 Å². The normalized spacial score (nSPS) is 9.74. The van der Waals surface area contributed by atoms with Gasteiger partial charge in [-0.2, -0.15) is 5.26 Å². The van der Waals surface area contributed by atoms with Gasteiger partial charge in [0.1, 0.15) is 6.61 Å². The Bertz CT molecular complexity index is 620. The number of hydrogen-bond donors (Lipinski definition) is 0. The third-order valence-corrected chi connectivity index (χ3v) is 3.41. The number of benzene rings is 2. The number of methoxy groups -OCH3 is 1. The third-order valence-electron chi connectivity index (χ3n) is 2.63. The van der Waals surface area contributed by atoms with Gasteiger partial charge in [0.25, 0.3) is 0 Å². The first-order valence-corrected chi connectivity index (χ1v) is 6.48. The molecule has 0 N–H and O–H groups in total. The van der Waals surface area contributed by atoms with Crippen LogP contribution in [0.2, 0.25) is 0 Å². The third kappa shape index (κ3) is 3.27. The Hall–Kier alpha value is -1.99. The molecule has 0 saturated carbocycles. The molecule has 0 spiro atoms. The lowest BCUT2D eigenvalue weighted by molar-refractivity contribution is 0.284. The molecular weight excluding hydrogens is 306 g/mol. The molecule has 0 aliphatic carbocycles.